The first-order chi connectivity index (χ1) is 23.6. The highest BCUT2D eigenvalue weighted by molar-refractivity contribution is 6.80. The van der Waals surface area contributed by atoms with Crippen LogP contribution in [0.1, 0.15) is 27.2 Å². The number of rotatable bonds is 17. The molecule has 6 heteroatoms. The van der Waals surface area contributed by atoms with Crippen molar-refractivity contribution >= 4 is 48.1 Å². The zero-order valence-electron chi connectivity index (χ0n) is 28.5. The lowest BCUT2D eigenvalue weighted by Gasteiger charge is -2.34. The molecule has 0 heterocycles. The van der Waals surface area contributed by atoms with Crippen LogP contribution in [0.25, 0.3) is 0 Å². The fraction of sp³-hybridized carbons (Fsp3) is 0.190. The van der Waals surface area contributed by atoms with Crippen LogP contribution >= 0.6 is 0 Å². The van der Waals surface area contributed by atoms with Gasteiger partial charge in [-0.2, -0.15) is 0 Å². The summed E-state index contributed by atoms with van der Waals surface area (Å²) in [4.78, 5) is 0. The summed E-state index contributed by atoms with van der Waals surface area (Å²) in [5.41, 5.74) is 6.23. The molecular formula is C42H45B3O3. The lowest BCUT2D eigenvalue weighted by molar-refractivity contribution is 0.0492. The van der Waals surface area contributed by atoms with Gasteiger partial charge in [-0.1, -0.05) is 184 Å². The molecule has 0 amide bonds. The van der Waals surface area contributed by atoms with Crippen LogP contribution in [0.2, 0.25) is 0 Å². The zero-order valence-corrected chi connectivity index (χ0v) is 28.5. The van der Waals surface area contributed by atoms with E-state index in [9.17, 15) is 0 Å². The molecule has 0 bridgehead atoms. The highest BCUT2D eigenvalue weighted by Crippen LogP contribution is 2.22. The Bertz CT molecular complexity index is 1520. The minimum absolute atomic E-state index is 0.222. The molecule has 0 unspecified atom stereocenters. The Kier molecular flexibility index (Phi) is 13.3. The smallest absolute Gasteiger partial charge is 0.361 e. The largest absolute Gasteiger partial charge is 0.426 e. The van der Waals surface area contributed by atoms with Crippen LogP contribution < -0.4 is 27.3 Å². The molecule has 48 heavy (non-hydrogen) atoms. The fourth-order valence-electron chi connectivity index (χ4n) is 5.96. The van der Waals surface area contributed by atoms with E-state index in [1.54, 1.807) is 0 Å². The second-order valence-corrected chi connectivity index (χ2v) is 12.5. The van der Waals surface area contributed by atoms with E-state index in [1.807, 2.05) is 30.3 Å². The summed E-state index contributed by atoms with van der Waals surface area (Å²) in [6.07, 6.45) is 7.42. The van der Waals surface area contributed by atoms with Crippen molar-refractivity contribution < 1.29 is 14.0 Å². The average Bonchev–Trinajstić information content (AvgIpc) is 3.14. The van der Waals surface area contributed by atoms with Crippen molar-refractivity contribution in [2.24, 2.45) is 5.41 Å². The SMILES string of the molecule is C/C=C\C(=C/CC)B(OCC(C)(COB(c1ccccc1)c1ccccc1)COB(c1ccccc1)c1ccccc1)c1ccccc1. The third-order valence-corrected chi connectivity index (χ3v) is 8.41. The van der Waals surface area contributed by atoms with E-state index in [4.69, 9.17) is 14.0 Å². The third-order valence-electron chi connectivity index (χ3n) is 8.41. The van der Waals surface area contributed by atoms with Crippen LogP contribution in [0.3, 0.4) is 0 Å². The first-order valence-electron chi connectivity index (χ1n) is 17.0. The van der Waals surface area contributed by atoms with Gasteiger partial charge in [0.1, 0.15) is 0 Å². The monoisotopic (exact) mass is 630 g/mol. The van der Waals surface area contributed by atoms with E-state index in [2.05, 4.69) is 160 Å². The Labute approximate surface area is 289 Å². The Balaban J connectivity index is 1.47. The average molecular weight is 630 g/mol. The molecule has 0 radical (unpaired) electrons. The Morgan fingerprint density at radius 2 is 0.854 bits per heavy atom. The quantitative estimate of drug-likeness (QED) is 0.0932. The first kappa shape index (κ1) is 35.0. The van der Waals surface area contributed by atoms with Crippen LogP contribution in [-0.4, -0.2) is 40.6 Å². The normalized spacial score (nSPS) is 11.9. The van der Waals surface area contributed by atoms with Crippen molar-refractivity contribution in [3.05, 3.63) is 175 Å². The molecular weight excluding hydrogens is 585 g/mol. The Morgan fingerprint density at radius 3 is 1.19 bits per heavy atom. The molecule has 5 rings (SSSR count). The summed E-state index contributed by atoms with van der Waals surface area (Å²) in [5, 5.41) is 0. The van der Waals surface area contributed by atoms with E-state index >= 15 is 0 Å². The minimum atomic E-state index is -0.496. The van der Waals surface area contributed by atoms with Gasteiger partial charge in [-0.3, -0.25) is 0 Å². The lowest BCUT2D eigenvalue weighted by Crippen LogP contribution is -2.51. The third kappa shape index (κ3) is 9.84. The highest BCUT2D eigenvalue weighted by atomic mass is 16.5. The van der Waals surface area contributed by atoms with Gasteiger partial charge in [-0.25, -0.2) is 0 Å². The van der Waals surface area contributed by atoms with E-state index in [1.165, 1.54) is 0 Å². The standard InChI is InChI=1S/C42H45B3O3/c1-4-21-36(22-5-2)43(37-23-11-6-12-24-37)46-33-42(3,34-47-44(38-25-13-7-14-26-38)39-27-15-8-16-28-39)35-48-45(40-29-17-9-18-30-40)41-31-19-10-20-32-41/h4,6-32H,5,33-35H2,1-3H3/b21-4-,36-22+. The summed E-state index contributed by atoms with van der Waals surface area (Å²) >= 11 is 0. The molecule has 0 aliphatic heterocycles. The van der Waals surface area contributed by atoms with Crippen LogP contribution in [0, 0.1) is 5.41 Å². The number of hydrogen-bond acceptors (Lipinski definition) is 3. The van der Waals surface area contributed by atoms with Crippen molar-refractivity contribution in [1.82, 2.24) is 0 Å². The van der Waals surface area contributed by atoms with Crippen LogP contribution in [0.4, 0.5) is 0 Å². The van der Waals surface area contributed by atoms with E-state index in [0.717, 1.165) is 39.2 Å². The van der Waals surface area contributed by atoms with Gasteiger partial charge in [0, 0.05) is 25.2 Å². The summed E-state index contributed by atoms with van der Waals surface area (Å²) in [6.45, 7) is 7.04. The maximum atomic E-state index is 6.97. The molecule has 3 nitrogen and oxygen atoms in total. The first-order valence-corrected chi connectivity index (χ1v) is 17.0. The summed E-state index contributed by atoms with van der Waals surface area (Å²) < 4.78 is 20.8. The van der Waals surface area contributed by atoms with Gasteiger partial charge in [0.15, 0.2) is 0 Å². The summed E-state index contributed by atoms with van der Waals surface area (Å²) in [5.74, 6) is 0. The van der Waals surface area contributed by atoms with Gasteiger partial charge >= 0.3 is 20.7 Å². The van der Waals surface area contributed by atoms with Crippen molar-refractivity contribution in [3.8, 4) is 0 Å². The van der Waals surface area contributed by atoms with E-state index < -0.39 is 5.41 Å². The number of allylic oxidation sites excluding steroid dienone is 4. The Morgan fingerprint density at radius 1 is 0.521 bits per heavy atom. The molecule has 0 aliphatic carbocycles. The van der Waals surface area contributed by atoms with Crippen LogP contribution in [-0.2, 0) is 14.0 Å². The predicted molar refractivity (Wildman–Crippen MR) is 207 cm³/mol. The molecule has 5 aromatic carbocycles. The van der Waals surface area contributed by atoms with Gasteiger partial charge in [0.2, 0.25) is 0 Å². The van der Waals surface area contributed by atoms with Crippen molar-refractivity contribution in [2.45, 2.75) is 27.2 Å². The molecule has 0 fully saturated rings. The molecule has 0 N–H and O–H groups in total. The number of benzene rings is 5. The van der Waals surface area contributed by atoms with Crippen molar-refractivity contribution in [3.63, 3.8) is 0 Å². The predicted octanol–water partition coefficient (Wildman–Crippen LogP) is 6.00. The van der Waals surface area contributed by atoms with Crippen LogP contribution in [0.5, 0.6) is 0 Å². The summed E-state index contributed by atoms with van der Waals surface area (Å²) in [6, 6.07) is 52.2. The van der Waals surface area contributed by atoms with Crippen LogP contribution in [0.15, 0.2) is 175 Å². The molecule has 0 aliphatic rings. The lowest BCUT2D eigenvalue weighted by atomic mass is 9.54. The van der Waals surface area contributed by atoms with Crippen molar-refractivity contribution in [1.29, 1.82) is 0 Å². The Hall–Kier alpha value is -4.35. The van der Waals surface area contributed by atoms with Gasteiger partial charge in [-0.05, 0) is 46.1 Å². The van der Waals surface area contributed by atoms with E-state index in [-0.39, 0.29) is 20.7 Å². The van der Waals surface area contributed by atoms with Crippen molar-refractivity contribution in [2.75, 3.05) is 19.8 Å². The molecule has 0 saturated carbocycles. The molecule has 0 spiro atoms. The van der Waals surface area contributed by atoms with Gasteiger partial charge < -0.3 is 14.0 Å². The molecule has 0 saturated heterocycles. The molecule has 240 valence electrons. The maximum absolute atomic E-state index is 6.97. The molecule has 5 aromatic rings. The topological polar surface area (TPSA) is 27.7 Å². The number of hydrogen-bond donors (Lipinski definition) is 0. The second-order valence-electron chi connectivity index (χ2n) is 12.5. The highest BCUT2D eigenvalue weighted by Gasteiger charge is 2.34. The minimum Gasteiger partial charge on any atom is -0.426 e. The van der Waals surface area contributed by atoms with Gasteiger partial charge in [0.05, 0.1) is 0 Å². The van der Waals surface area contributed by atoms with Gasteiger partial charge in [-0.15, -0.1) is 0 Å². The molecule has 0 atom stereocenters. The maximum Gasteiger partial charge on any atom is 0.361 e. The zero-order chi connectivity index (χ0) is 33.4. The summed E-state index contributed by atoms with van der Waals surface area (Å²) in [7, 11) is 0. The van der Waals surface area contributed by atoms with E-state index in [0.29, 0.717) is 19.8 Å². The molecule has 0 aromatic heterocycles. The fourth-order valence-corrected chi connectivity index (χ4v) is 5.96. The van der Waals surface area contributed by atoms with Gasteiger partial charge in [0.25, 0.3) is 0 Å². The second kappa shape index (κ2) is 18.3.